The van der Waals surface area contributed by atoms with Gasteiger partial charge in [-0.3, -0.25) is 0 Å². The molecule has 0 amide bonds. The summed E-state index contributed by atoms with van der Waals surface area (Å²) in [6.45, 7) is 11.9. The van der Waals surface area contributed by atoms with Gasteiger partial charge in [0, 0.05) is 10.5 Å². The zero-order valence-corrected chi connectivity index (χ0v) is 12.8. The maximum Gasteiger partial charge on any atom is 0.496 e. The van der Waals surface area contributed by atoms with Gasteiger partial charge in [-0.2, -0.15) is 0 Å². The summed E-state index contributed by atoms with van der Waals surface area (Å²) in [6, 6.07) is 5.96. The number of rotatable bonds is 3. The van der Waals surface area contributed by atoms with Crippen molar-refractivity contribution in [3.63, 3.8) is 0 Å². The van der Waals surface area contributed by atoms with Crippen LogP contribution in [0.4, 0.5) is 0 Å². The Labute approximate surface area is 120 Å². The number of halogens is 1. The van der Waals surface area contributed by atoms with E-state index in [1.165, 1.54) is 0 Å². The Morgan fingerprint density at radius 3 is 2.26 bits per heavy atom. The number of allylic oxidation sites excluding steroid dienone is 1. The minimum atomic E-state index is -0.407. The predicted molar refractivity (Wildman–Crippen MR) is 81.1 cm³/mol. The van der Waals surface area contributed by atoms with Crippen LogP contribution >= 0.6 is 11.6 Å². The molecular weight excluding hydrogens is 258 g/mol. The van der Waals surface area contributed by atoms with Gasteiger partial charge in [-0.25, -0.2) is 0 Å². The molecule has 0 N–H and O–H groups in total. The molecule has 19 heavy (non-hydrogen) atoms. The lowest BCUT2D eigenvalue weighted by molar-refractivity contribution is 0.00578. The number of hydrogen-bond donors (Lipinski definition) is 0. The van der Waals surface area contributed by atoms with Crippen molar-refractivity contribution in [3.05, 3.63) is 41.4 Å². The van der Waals surface area contributed by atoms with Gasteiger partial charge in [0.25, 0.3) is 0 Å². The zero-order chi connectivity index (χ0) is 14.3. The normalized spacial score (nSPS) is 20.6. The molecule has 4 heteroatoms. The summed E-state index contributed by atoms with van der Waals surface area (Å²) in [4.78, 5) is 0. The first-order chi connectivity index (χ1) is 8.77. The van der Waals surface area contributed by atoms with E-state index < -0.39 is 7.12 Å². The van der Waals surface area contributed by atoms with E-state index in [1.807, 2.05) is 52.0 Å². The molecule has 0 spiro atoms. The molecule has 0 aromatic heterocycles. The fourth-order valence-electron chi connectivity index (χ4n) is 2.03. The lowest BCUT2D eigenvalue weighted by Crippen LogP contribution is -2.41. The molecule has 0 bridgehead atoms. The van der Waals surface area contributed by atoms with Crippen molar-refractivity contribution in [2.75, 3.05) is 0 Å². The number of benzene rings is 1. The van der Waals surface area contributed by atoms with Crippen molar-refractivity contribution < 1.29 is 9.31 Å². The molecule has 102 valence electrons. The van der Waals surface area contributed by atoms with Crippen molar-refractivity contribution in [1.29, 1.82) is 0 Å². The van der Waals surface area contributed by atoms with Crippen LogP contribution in [0.15, 0.2) is 30.9 Å². The van der Waals surface area contributed by atoms with Crippen LogP contribution in [-0.2, 0) is 15.7 Å². The monoisotopic (exact) mass is 278 g/mol. The highest BCUT2D eigenvalue weighted by atomic mass is 35.5. The second kappa shape index (κ2) is 4.97. The highest BCUT2D eigenvalue weighted by molar-refractivity contribution is 6.65. The Balaban J connectivity index is 2.27. The van der Waals surface area contributed by atoms with E-state index in [9.17, 15) is 0 Å². The van der Waals surface area contributed by atoms with E-state index in [-0.39, 0.29) is 11.2 Å². The summed E-state index contributed by atoms with van der Waals surface area (Å²) in [6.07, 6.45) is 2.67. The SMILES string of the molecule is C=CCc1ccc(B2OC(C)(C)C(C)(C)O2)c(Cl)c1. The molecule has 0 radical (unpaired) electrons. The molecule has 1 heterocycles. The minimum absolute atomic E-state index is 0.346. The first-order valence-corrected chi connectivity index (χ1v) is 6.89. The zero-order valence-electron chi connectivity index (χ0n) is 12.0. The topological polar surface area (TPSA) is 18.5 Å². The Kier molecular flexibility index (Phi) is 3.83. The van der Waals surface area contributed by atoms with Crippen molar-refractivity contribution in [1.82, 2.24) is 0 Å². The number of hydrogen-bond acceptors (Lipinski definition) is 2. The third-order valence-corrected chi connectivity index (χ3v) is 4.28. The third kappa shape index (κ3) is 2.74. The summed E-state index contributed by atoms with van der Waals surface area (Å²) in [5.74, 6) is 0. The molecule has 2 rings (SSSR count). The van der Waals surface area contributed by atoms with Gasteiger partial charge in [-0.15, -0.1) is 6.58 Å². The molecule has 1 aliphatic rings. The highest BCUT2D eigenvalue weighted by Gasteiger charge is 2.52. The Morgan fingerprint density at radius 1 is 1.21 bits per heavy atom. The minimum Gasteiger partial charge on any atom is -0.399 e. The maximum absolute atomic E-state index is 6.34. The quantitative estimate of drug-likeness (QED) is 0.623. The standard InChI is InChI=1S/C15H20BClO2/c1-6-7-11-8-9-12(13(17)10-11)16-18-14(2,3)15(4,5)19-16/h6,8-10H,1,7H2,2-5H3. The average molecular weight is 279 g/mol. The van der Waals surface area contributed by atoms with Gasteiger partial charge in [-0.1, -0.05) is 29.8 Å². The van der Waals surface area contributed by atoms with Gasteiger partial charge in [0.15, 0.2) is 0 Å². The van der Waals surface area contributed by atoms with Crippen LogP contribution in [0, 0.1) is 0 Å². The molecular formula is C15H20BClO2. The van der Waals surface area contributed by atoms with E-state index in [0.717, 1.165) is 17.4 Å². The molecule has 0 atom stereocenters. The third-order valence-electron chi connectivity index (χ3n) is 3.95. The van der Waals surface area contributed by atoms with Crippen molar-refractivity contribution in [2.24, 2.45) is 0 Å². The summed E-state index contributed by atoms with van der Waals surface area (Å²) in [5.41, 5.74) is 1.33. The highest BCUT2D eigenvalue weighted by Crippen LogP contribution is 2.37. The van der Waals surface area contributed by atoms with Crippen LogP contribution in [-0.4, -0.2) is 18.3 Å². The first-order valence-electron chi connectivity index (χ1n) is 6.52. The summed E-state index contributed by atoms with van der Waals surface area (Å²) < 4.78 is 12.0. The molecule has 1 aromatic carbocycles. The molecule has 0 saturated carbocycles. The van der Waals surface area contributed by atoms with E-state index in [0.29, 0.717) is 5.02 Å². The van der Waals surface area contributed by atoms with E-state index in [1.54, 1.807) is 0 Å². The molecule has 0 unspecified atom stereocenters. The van der Waals surface area contributed by atoms with Gasteiger partial charge in [0.2, 0.25) is 0 Å². The van der Waals surface area contributed by atoms with Gasteiger partial charge < -0.3 is 9.31 Å². The summed E-state index contributed by atoms with van der Waals surface area (Å²) in [5, 5.41) is 0.679. The Bertz CT molecular complexity index is 481. The van der Waals surface area contributed by atoms with Crippen LogP contribution in [0.2, 0.25) is 5.02 Å². The molecule has 1 saturated heterocycles. The van der Waals surface area contributed by atoms with Crippen LogP contribution in [0.5, 0.6) is 0 Å². The van der Waals surface area contributed by atoms with Crippen molar-refractivity contribution in [2.45, 2.75) is 45.3 Å². The van der Waals surface area contributed by atoms with E-state index in [2.05, 4.69) is 6.58 Å². The van der Waals surface area contributed by atoms with Crippen LogP contribution in [0.25, 0.3) is 0 Å². The fourth-order valence-corrected chi connectivity index (χ4v) is 2.32. The molecule has 1 fully saturated rings. The Morgan fingerprint density at radius 2 is 1.79 bits per heavy atom. The lowest BCUT2D eigenvalue weighted by Gasteiger charge is -2.32. The lowest BCUT2D eigenvalue weighted by atomic mass is 9.78. The van der Waals surface area contributed by atoms with Gasteiger partial charge in [0.1, 0.15) is 0 Å². The Hall–Kier alpha value is -0.765. The smallest absolute Gasteiger partial charge is 0.399 e. The van der Waals surface area contributed by atoms with Crippen LogP contribution in [0.3, 0.4) is 0 Å². The molecule has 1 aromatic rings. The van der Waals surface area contributed by atoms with Crippen LogP contribution < -0.4 is 5.46 Å². The maximum atomic E-state index is 6.34. The second-order valence-corrected chi connectivity index (χ2v) is 6.34. The second-order valence-electron chi connectivity index (χ2n) is 5.94. The largest absolute Gasteiger partial charge is 0.496 e. The van der Waals surface area contributed by atoms with E-state index in [4.69, 9.17) is 20.9 Å². The van der Waals surface area contributed by atoms with E-state index >= 15 is 0 Å². The first kappa shape index (κ1) is 14.6. The fraction of sp³-hybridized carbons (Fsp3) is 0.467. The summed E-state index contributed by atoms with van der Waals surface area (Å²) in [7, 11) is -0.407. The average Bonchev–Trinajstić information content (AvgIpc) is 2.48. The van der Waals surface area contributed by atoms with Gasteiger partial charge in [-0.05, 0) is 45.7 Å². The van der Waals surface area contributed by atoms with Crippen molar-refractivity contribution >= 4 is 24.2 Å². The van der Waals surface area contributed by atoms with Crippen molar-refractivity contribution in [3.8, 4) is 0 Å². The predicted octanol–water partition coefficient (Wildman–Crippen LogP) is 3.37. The molecule has 1 aliphatic heterocycles. The van der Waals surface area contributed by atoms with Gasteiger partial charge >= 0.3 is 7.12 Å². The molecule has 0 aliphatic carbocycles. The summed E-state index contributed by atoms with van der Waals surface area (Å²) >= 11 is 6.34. The van der Waals surface area contributed by atoms with Gasteiger partial charge in [0.05, 0.1) is 11.2 Å². The molecule has 2 nitrogen and oxygen atoms in total. The van der Waals surface area contributed by atoms with Crippen LogP contribution in [0.1, 0.15) is 33.3 Å².